The van der Waals surface area contributed by atoms with Crippen molar-refractivity contribution >= 4 is 16.9 Å². The van der Waals surface area contributed by atoms with E-state index in [1.807, 2.05) is 36.5 Å². The molecule has 0 aliphatic rings. The summed E-state index contributed by atoms with van der Waals surface area (Å²) in [7, 11) is 1.40. The van der Waals surface area contributed by atoms with E-state index in [9.17, 15) is 4.79 Å². The fraction of sp³-hybridized carbons (Fsp3) is 0.211. The maximum Gasteiger partial charge on any atom is 0.310 e. The normalized spacial score (nSPS) is 10.7. The first kappa shape index (κ1) is 15.2. The van der Waals surface area contributed by atoms with Gasteiger partial charge in [0.15, 0.2) is 0 Å². The van der Waals surface area contributed by atoms with E-state index >= 15 is 0 Å². The highest BCUT2D eigenvalue weighted by Crippen LogP contribution is 2.25. The van der Waals surface area contributed by atoms with Gasteiger partial charge < -0.3 is 14.5 Å². The van der Waals surface area contributed by atoms with Crippen molar-refractivity contribution in [3.63, 3.8) is 0 Å². The number of rotatable bonds is 5. The molecular weight excluding hydrogens is 290 g/mol. The zero-order chi connectivity index (χ0) is 16.2. The molecular formula is C19H19NO3. The Balaban J connectivity index is 1.79. The third kappa shape index (κ3) is 3.54. The zero-order valence-corrected chi connectivity index (χ0v) is 13.3. The summed E-state index contributed by atoms with van der Waals surface area (Å²) in [6, 6.07) is 14.1. The van der Waals surface area contributed by atoms with E-state index < -0.39 is 0 Å². The van der Waals surface area contributed by atoms with Gasteiger partial charge in [0.2, 0.25) is 0 Å². The van der Waals surface area contributed by atoms with E-state index in [1.54, 1.807) is 0 Å². The highest BCUT2D eigenvalue weighted by molar-refractivity contribution is 5.88. The number of aryl methyl sites for hydroxylation is 1. The van der Waals surface area contributed by atoms with E-state index in [2.05, 4.69) is 24.0 Å². The van der Waals surface area contributed by atoms with Crippen molar-refractivity contribution in [1.82, 2.24) is 4.98 Å². The summed E-state index contributed by atoms with van der Waals surface area (Å²) in [4.78, 5) is 14.6. The quantitative estimate of drug-likeness (QED) is 0.730. The number of nitrogens with one attached hydrogen (secondary N) is 1. The molecule has 118 valence electrons. The summed E-state index contributed by atoms with van der Waals surface area (Å²) < 4.78 is 10.6. The van der Waals surface area contributed by atoms with E-state index in [4.69, 9.17) is 9.47 Å². The minimum Gasteiger partial charge on any atom is -0.489 e. The van der Waals surface area contributed by atoms with Gasteiger partial charge in [-0.05, 0) is 36.2 Å². The summed E-state index contributed by atoms with van der Waals surface area (Å²) in [5.74, 6) is 0.529. The lowest BCUT2D eigenvalue weighted by Crippen LogP contribution is -2.03. The molecule has 1 aromatic heterocycles. The Morgan fingerprint density at radius 2 is 2.04 bits per heavy atom. The van der Waals surface area contributed by atoms with Gasteiger partial charge in [-0.1, -0.05) is 29.8 Å². The Kier molecular flexibility index (Phi) is 4.33. The van der Waals surface area contributed by atoms with Gasteiger partial charge in [0, 0.05) is 17.1 Å². The molecule has 0 saturated heterocycles. The van der Waals surface area contributed by atoms with Crippen LogP contribution in [0.4, 0.5) is 0 Å². The van der Waals surface area contributed by atoms with Crippen LogP contribution in [0.3, 0.4) is 0 Å². The highest BCUT2D eigenvalue weighted by atomic mass is 16.5. The monoisotopic (exact) mass is 309 g/mol. The van der Waals surface area contributed by atoms with Crippen LogP contribution in [0, 0.1) is 6.92 Å². The lowest BCUT2D eigenvalue weighted by atomic mass is 10.1. The van der Waals surface area contributed by atoms with Gasteiger partial charge >= 0.3 is 5.97 Å². The molecule has 0 radical (unpaired) electrons. The van der Waals surface area contributed by atoms with Gasteiger partial charge in [0.1, 0.15) is 12.4 Å². The van der Waals surface area contributed by atoms with Crippen LogP contribution in [0.15, 0.2) is 48.7 Å². The molecule has 0 aliphatic carbocycles. The van der Waals surface area contributed by atoms with E-state index in [1.165, 1.54) is 12.7 Å². The Bertz CT molecular complexity index is 836. The second-order valence-electron chi connectivity index (χ2n) is 5.55. The molecule has 4 heteroatoms. The standard InChI is InChI=1S/C19H19NO3/c1-13-4-3-5-14(8-13)12-23-16-6-7-18-17(10-16)15(11-20-18)9-19(21)22-2/h3-8,10-11,20H,9,12H2,1-2H3. The zero-order valence-electron chi connectivity index (χ0n) is 13.3. The number of hydrogen-bond acceptors (Lipinski definition) is 3. The third-order valence-corrected chi connectivity index (χ3v) is 3.79. The van der Waals surface area contributed by atoms with Crippen LogP contribution < -0.4 is 4.74 Å². The molecule has 0 unspecified atom stereocenters. The second-order valence-corrected chi connectivity index (χ2v) is 5.55. The van der Waals surface area contributed by atoms with Gasteiger partial charge in [-0.2, -0.15) is 0 Å². The first-order valence-electron chi connectivity index (χ1n) is 7.51. The Morgan fingerprint density at radius 1 is 1.17 bits per heavy atom. The predicted octanol–water partition coefficient (Wildman–Crippen LogP) is 3.77. The second kappa shape index (κ2) is 6.57. The number of aromatic nitrogens is 1. The number of ether oxygens (including phenoxy) is 2. The van der Waals surface area contributed by atoms with Crippen LogP contribution in [-0.2, 0) is 22.6 Å². The lowest BCUT2D eigenvalue weighted by Gasteiger charge is -2.07. The number of hydrogen-bond donors (Lipinski definition) is 1. The first-order valence-corrected chi connectivity index (χ1v) is 7.51. The largest absolute Gasteiger partial charge is 0.489 e. The minimum atomic E-state index is -0.253. The van der Waals surface area contributed by atoms with Crippen LogP contribution in [-0.4, -0.2) is 18.1 Å². The Morgan fingerprint density at radius 3 is 2.83 bits per heavy atom. The molecule has 23 heavy (non-hydrogen) atoms. The van der Waals surface area contributed by atoms with E-state index in [-0.39, 0.29) is 12.4 Å². The van der Waals surface area contributed by atoms with Gasteiger partial charge in [-0.15, -0.1) is 0 Å². The average Bonchev–Trinajstić information content (AvgIpc) is 2.95. The smallest absolute Gasteiger partial charge is 0.310 e. The van der Waals surface area contributed by atoms with Crippen molar-refractivity contribution in [2.45, 2.75) is 20.0 Å². The van der Waals surface area contributed by atoms with Crippen molar-refractivity contribution in [2.75, 3.05) is 7.11 Å². The van der Waals surface area contributed by atoms with Gasteiger partial charge in [-0.25, -0.2) is 0 Å². The van der Waals surface area contributed by atoms with Crippen LogP contribution in [0.2, 0.25) is 0 Å². The number of carbonyl (C=O) groups excluding carboxylic acids is 1. The van der Waals surface area contributed by atoms with E-state index in [0.29, 0.717) is 6.61 Å². The lowest BCUT2D eigenvalue weighted by molar-refractivity contribution is -0.139. The molecule has 3 aromatic rings. The van der Waals surface area contributed by atoms with E-state index in [0.717, 1.165) is 27.8 Å². The summed E-state index contributed by atoms with van der Waals surface area (Å²) in [5, 5.41) is 0.983. The molecule has 0 aliphatic heterocycles. The molecule has 1 heterocycles. The average molecular weight is 309 g/mol. The van der Waals surface area contributed by atoms with Crippen molar-refractivity contribution in [1.29, 1.82) is 0 Å². The molecule has 0 bridgehead atoms. The molecule has 0 fully saturated rings. The number of esters is 1. The van der Waals surface area contributed by atoms with Crippen LogP contribution >= 0.6 is 0 Å². The van der Waals surface area contributed by atoms with Gasteiger partial charge in [-0.3, -0.25) is 4.79 Å². The first-order chi connectivity index (χ1) is 11.2. The molecule has 3 rings (SSSR count). The maximum absolute atomic E-state index is 11.5. The molecule has 0 spiro atoms. The third-order valence-electron chi connectivity index (χ3n) is 3.79. The van der Waals surface area contributed by atoms with Gasteiger partial charge in [0.05, 0.1) is 13.5 Å². The fourth-order valence-electron chi connectivity index (χ4n) is 2.59. The molecule has 0 amide bonds. The molecule has 4 nitrogen and oxygen atoms in total. The molecule has 0 atom stereocenters. The summed E-state index contributed by atoms with van der Waals surface area (Å²) in [6.07, 6.45) is 2.09. The van der Waals surface area contributed by atoms with Crippen LogP contribution in [0.1, 0.15) is 16.7 Å². The van der Waals surface area contributed by atoms with Crippen molar-refractivity contribution in [3.8, 4) is 5.75 Å². The SMILES string of the molecule is COC(=O)Cc1c[nH]c2ccc(OCc3cccc(C)c3)cc12. The Hall–Kier alpha value is -2.75. The van der Waals surface area contributed by atoms with Crippen LogP contribution in [0.5, 0.6) is 5.75 Å². The summed E-state index contributed by atoms with van der Waals surface area (Å²) >= 11 is 0. The number of methoxy groups -OCH3 is 1. The molecule has 2 aromatic carbocycles. The number of carbonyl (C=O) groups is 1. The number of fused-ring (bicyclic) bond motifs is 1. The number of H-pyrrole nitrogens is 1. The van der Waals surface area contributed by atoms with Crippen molar-refractivity contribution < 1.29 is 14.3 Å². The molecule has 0 saturated carbocycles. The number of aromatic amines is 1. The molecule has 1 N–H and O–H groups in total. The summed E-state index contributed by atoms with van der Waals surface area (Å²) in [5.41, 5.74) is 4.24. The highest BCUT2D eigenvalue weighted by Gasteiger charge is 2.10. The van der Waals surface area contributed by atoms with Gasteiger partial charge in [0.25, 0.3) is 0 Å². The van der Waals surface area contributed by atoms with Crippen molar-refractivity contribution in [3.05, 3.63) is 65.4 Å². The minimum absolute atomic E-state index is 0.248. The summed E-state index contributed by atoms with van der Waals surface area (Å²) in [6.45, 7) is 2.58. The topological polar surface area (TPSA) is 51.3 Å². The predicted molar refractivity (Wildman–Crippen MR) is 89.5 cm³/mol. The van der Waals surface area contributed by atoms with Crippen molar-refractivity contribution in [2.24, 2.45) is 0 Å². The fourth-order valence-corrected chi connectivity index (χ4v) is 2.59. The number of benzene rings is 2. The Labute approximate surface area is 135 Å². The maximum atomic E-state index is 11.5. The van der Waals surface area contributed by atoms with Crippen LogP contribution in [0.25, 0.3) is 10.9 Å².